The molecule has 1 rings (SSSR count). The molecule has 0 aliphatic carbocycles. The summed E-state index contributed by atoms with van der Waals surface area (Å²) in [6, 6.07) is 8.23. The van der Waals surface area contributed by atoms with Gasteiger partial charge in [0.1, 0.15) is 0 Å². The van der Waals surface area contributed by atoms with Crippen molar-refractivity contribution in [1.29, 1.82) is 0 Å². The van der Waals surface area contributed by atoms with E-state index in [1.165, 1.54) is 12.7 Å². The maximum Gasteiger partial charge on any atom is 0.307 e. The standard InChI is InChI=1S/C18H28N2O3/c1-15-5-7-16(8-6-15)9-10-17(21)20(14-13-19(2)3)12-11-18(22)23-4/h5-8H,9-14H2,1-4H3. The predicted octanol–water partition coefficient (Wildman–Crippen LogP) is 1.88. The molecule has 23 heavy (non-hydrogen) atoms. The van der Waals surface area contributed by atoms with Gasteiger partial charge in [-0.3, -0.25) is 9.59 Å². The second-order valence-electron chi connectivity index (χ2n) is 6.00. The summed E-state index contributed by atoms with van der Waals surface area (Å²) in [5.74, 6) is -0.206. The average Bonchev–Trinajstić information content (AvgIpc) is 2.53. The van der Waals surface area contributed by atoms with Gasteiger partial charge in [0.15, 0.2) is 0 Å². The first-order chi connectivity index (χ1) is 10.9. The van der Waals surface area contributed by atoms with Crippen LogP contribution in [0.15, 0.2) is 24.3 Å². The molecule has 1 aromatic rings. The van der Waals surface area contributed by atoms with Gasteiger partial charge < -0.3 is 14.5 Å². The van der Waals surface area contributed by atoms with Gasteiger partial charge in [-0.05, 0) is 33.0 Å². The molecule has 0 aliphatic rings. The summed E-state index contributed by atoms with van der Waals surface area (Å²) in [4.78, 5) is 27.6. The van der Waals surface area contributed by atoms with Crippen LogP contribution in [0.2, 0.25) is 0 Å². The van der Waals surface area contributed by atoms with Gasteiger partial charge in [-0.15, -0.1) is 0 Å². The van der Waals surface area contributed by atoms with Gasteiger partial charge in [-0.1, -0.05) is 29.8 Å². The third kappa shape index (κ3) is 7.79. The van der Waals surface area contributed by atoms with Crippen molar-refractivity contribution < 1.29 is 14.3 Å². The second kappa shape index (κ2) is 10.0. The Morgan fingerprint density at radius 2 is 1.65 bits per heavy atom. The van der Waals surface area contributed by atoms with Crippen LogP contribution in [0.1, 0.15) is 24.0 Å². The summed E-state index contributed by atoms with van der Waals surface area (Å²) in [6.07, 6.45) is 1.41. The number of carbonyl (C=O) groups is 2. The molecule has 0 fully saturated rings. The average molecular weight is 320 g/mol. The van der Waals surface area contributed by atoms with Crippen molar-refractivity contribution >= 4 is 11.9 Å². The molecular formula is C18H28N2O3. The molecule has 1 amide bonds. The highest BCUT2D eigenvalue weighted by Crippen LogP contribution is 2.08. The third-order valence-corrected chi connectivity index (χ3v) is 3.73. The lowest BCUT2D eigenvalue weighted by molar-refractivity contribution is -0.141. The summed E-state index contributed by atoms with van der Waals surface area (Å²) in [5.41, 5.74) is 2.37. The molecule has 0 saturated heterocycles. The fraction of sp³-hybridized carbons (Fsp3) is 0.556. The van der Waals surface area contributed by atoms with Crippen molar-refractivity contribution in [2.45, 2.75) is 26.2 Å². The fourth-order valence-electron chi connectivity index (χ4n) is 2.17. The van der Waals surface area contributed by atoms with E-state index < -0.39 is 0 Å². The van der Waals surface area contributed by atoms with E-state index in [0.717, 1.165) is 18.5 Å². The Morgan fingerprint density at radius 3 is 2.22 bits per heavy atom. The lowest BCUT2D eigenvalue weighted by Gasteiger charge is -2.24. The molecule has 0 atom stereocenters. The molecule has 0 unspecified atom stereocenters. The van der Waals surface area contributed by atoms with E-state index in [2.05, 4.69) is 29.0 Å². The van der Waals surface area contributed by atoms with Crippen molar-refractivity contribution in [1.82, 2.24) is 9.80 Å². The Labute approximate surface area is 139 Å². The van der Waals surface area contributed by atoms with E-state index in [0.29, 0.717) is 19.5 Å². The molecule has 0 radical (unpaired) electrons. The second-order valence-corrected chi connectivity index (χ2v) is 6.00. The van der Waals surface area contributed by atoms with E-state index in [9.17, 15) is 9.59 Å². The SMILES string of the molecule is COC(=O)CCN(CCN(C)C)C(=O)CCc1ccc(C)cc1. The molecule has 0 spiro atoms. The van der Waals surface area contributed by atoms with Crippen LogP contribution in [0.4, 0.5) is 0 Å². The Kier molecular flexibility index (Phi) is 8.33. The van der Waals surface area contributed by atoms with E-state index >= 15 is 0 Å². The topological polar surface area (TPSA) is 49.9 Å². The Morgan fingerprint density at radius 1 is 1.00 bits per heavy atom. The highest BCUT2D eigenvalue weighted by molar-refractivity contribution is 5.77. The number of nitrogens with zero attached hydrogens (tertiary/aromatic N) is 2. The van der Waals surface area contributed by atoms with Crippen molar-refractivity contribution in [2.75, 3.05) is 40.8 Å². The van der Waals surface area contributed by atoms with Crippen LogP contribution < -0.4 is 0 Å². The van der Waals surface area contributed by atoms with Gasteiger partial charge >= 0.3 is 5.97 Å². The number of carbonyl (C=O) groups excluding carboxylic acids is 2. The molecule has 0 heterocycles. The molecular weight excluding hydrogens is 292 g/mol. The fourth-order valence-corrected chi connectivity index (χ4v) is 2.17. The van der Waals surface area contributed by atoms with E-state index in [-0.39, 0.29) is 18.3 Å². The number of esters is 1. The normalized spacial score (nSPS) is 10.7. The first-order valence-corrected chi connectivity index (χ1v) is 7.97. The minimum atomic E-state index is -0.286. The monoisotopic (exact) mass is 320 g/mol. The number of hydrogen-bond donors (Lipinski definition) is 0. The molecule has 0 bridgehead atoms. The van der Waals surface area contributed by atoms with E-state index in [1.807, 2.05) is 25.9 Å². The highest BCUT2D eigenvalue weighted by atomic mass is 16.5. The summed E-state index contributed by atoms with van der Waals surface area (Å²) in [6.45, 7) is 3.85. The zero-order chi connectivity index (χ0) is 17.2. The highest BCUT2D eigenvalue weighted by Gasteiger charge is 2.15. The van der Waals surface area contributed by atoms with Gasteiger partial charge in [0.25, 0.3) is 0 Å². The van der Waals surface area contributed by atoms with Crippen molar-refractivity contribution in [3.63, 3.8) is 0 Å². The van der Waals surface area contributed by atoms with Crippen LogP contribution >= 0.6 is 0 Å². The lowest BCUT2D eigenvalue weighted by atomic mass is 10.1. The molecule has 0 saturated carbocycles. The van der Waals surface area contributed by atoms with Crippen LogP contribution in [-0.2, 0) is 20.7 Å². The van der Waals surface area contributed by atoms with Crippen LogP contribution in [-0.4, -0.2) is 62.5 Å². The first kappa shape index (κ1) is 19.2. The zero-order valence-corrected chi connectivity index (χ0v) is 14.7. The van der Waals surface area contributed by atoms with Gasteiger partial charge in [-0.25, -0.2) is 0 Å². The van der Waals surface area contributed by atoms with Gasteiger partial charge in [0.2, 0.25) is 5.91 Å². The molecule has 0 aliphatic heterocycles. The number of methoxy groups -OCH3 is 1. The number of ether oxygens (including phenoxy) is 1. The van der Waals surface area contributed by atoms with Crippen molar-refractivity contribution in [2.24, 2.45) is 0 Å². The van der Waals surface area contributed by atoms with Crippen LogP contribution in [0.5, 0.6) is 0 Å². The smallest absolute Gasteiger partial charge is 0.307 e. The van der Waals surface area contributed by atoms with Crippen molar-refractivity contribution in [3.05, 3.63) is 35.4 Å². The minimum Gasteiger partial charge on any atom is -0.469 e. The zero-order valence-electron chi connectivity index (χ0n) is 14.7. The van der Waals surface area contributed by atoms with Gasteiger partial charge in [-0.2, -0.15) is 0 Å². The van der Waals surface area contributed by atoms with E-state index in [1.54, 1.807) is 4.90 Å². The number of rotatable bonds is 9. The number of amides is 1. The lowest BCUT2D eigenvalue weighted by Crippen LogP contribution is -2.38. The first-order valence-electron chi connectivity index (χ1n) is 7.97. The Hall–Kier alpha value is -1.88. The summed E-state index contributed by atoms with van der Waals surface area (Å²) in [5, 5.41) is 0. The van der Waals surface area contributed by atoms with Crippen molar-refractivity contribution in [3.8, 4) is 0 Å². The largest absolute Gasteiger partial charge is 0.469 e. The van der Waals surface area contributed by atoms with Crippen LogP contribution in [0.25, 0.3) is 0 Å². The predicted molar refractivity (Wildman–Crippen MR) is 91.3 cm³/mol. The maximum absolute atomic E-state index is 12.5. The van der Waals surface area contributed by atoms with Crippen LogP contribution in [0, 0.1) is 6.92 Å². The Balaban J connectivity index is 2.54. The number of likely N-dealkylation sites (N-methyl/N-ethyl adjacent to an activating group) is 1. The molecule has 0 aromatic heterocycles. The van der Waals surface area contributed by atoms with Gasteiger partial charge in [0.05, 0.1) is 13.5 Å². The summed E-state index contributed by atoms with van der Waals surface area (Å²) in [7, 11) is 5.30. The third-order valence-electron chi connectivity index (χ3n) is 3.73. The number of benzene rings is 1. The number of hydrogen-bond acceptors (Lipinski definition) is 4. The van der Waals surface area contributed by atoms with Gasteiger partial charge in [0, 0.05) is 26.1 Å². The minimum absolute atomic E-state index is 0.0799. The van der Waals surface area contributed by atoms with Crippen LogP contribution in [0.3, 0.4) is 0 Å². The molecule has 128 valence electrons. The molecule has 1 aromatic carbocycles. The quantitative estimate of drug-likeness (QED) is 0.652. The molecule has 0 N–H and O–H groups in total. The molecule has 5 nitrogen and oxygen atoms in total. The van der Waals surface area contributed by atoms with E-state index in [4.69, 9.17) is 0 Å². The number of aryl methyl sites for hydroxylation is 2. The molecule has 5 heteroatoms. The summed E-state index contributed by atoms with van der Waals surface area (Å²) >= 11 is 0. The Bertz CT molecular complexity index is 497. The maximum atomic E-state index is 12.5. The summed E-state index contributed by atoms with van der Waals surface area (Å²) < 4.78 is 4.66.